The SMILES string of the molecule is COC(=O)C(C)Cc1cccc(CNCc2ccc(-n3cccn3)cc2)c1. The van der Waals surface area contributed by atoms with Gasteiger partial charge in [0, 0.05) is 25.5 Å². The van der Waals surface area contributed by atoms with Crippen LogP contribution >= 0.6 is 0 Å². The van der Waals surface area contributed by atoms with Crippen molar-refractivity contribution in [2.24, 2.45) is 5.92 Å². The van der Waals surface area contributed by atoms with Crippen molar-refractivity contribution in [2.45, 2.75) is 26.4 Å². The number of rotatable bonds is 8. The molecular weight excluding hydrogens is 338 g/mol. The van der Waals surface area contributed by atoms with E-state index in [2.05, 4.69) is 52.9 Å². The summed E-state index contributed by atoms with van der Waals surface area (Å²) in [5, 5.41) is 7.71. The number of nitrogens with one attached hydrogen (secondary N) is 1. The van der Waals surface area contributed by atoms with Gasteiger partial charge in [0.1, 0.15) is 0 Å². The second kappa shape index (κ2) is 9.14. The van der Waals surface area contributed by atoms with E-state index in [1.807, 2.05) is 29.9 Å². The van der Waals surface area contributed by atoms with E-state index in [-0.39, 0.29) is 11.9 Å². The van der Waals surface area contributed by atoms with Crippen molar-refractivity contribution in [2.75, 3.05) is 7.11 Å². The standard InChI is InChI=1S/C22H25N3O2/c1-17(22(26)27-2)13-19-5-3-6-20(14-19)16-23-15-18-7-9-21(10-8-18)25-12-4-11-24-25/h3-12,14,17,23H,13,15-16H2,1-2H3. The van der Waals surface area contributed by atoms with Crippen LogP contribution in [0.5, 0.6) is 0 Å². The average molecular weight is 363 g/mol. The molecule has 3 aromatic rings. The minimum Gasteiger partial charge on any atom is -0.469 e. The van der Waals surface area contributed by atoms with E-state index in [0.717, 1.165) is 24.3 Å². The van der Waals surface area contributed by atoms with Crippen LogP contribution in [-0.4, -0.2) is 22.9 Å². The Kier molecular flexibility index (Phi) is 6.39. The van der Waals surface area contributed by atoms with Crippen LogP contribution in [0.1, 0.15) is 23.6 Å². The Hall–Kier alpha value is -2.92. The molecule has 5 heteroatoms. The highest BCUT2D eigenvalue weighted by Crippen LogP contribution is 2.13. The molecule has 0 aliphatic carbocycles. The predicted molar refractivity (Wildman–Crippen MR) is 105 cm³/mol. The lowest BCUT2D eigenvalue weighted by molar-refractivity contribution is -0.144. The van der Waals surface area contributed by atoms with Gasteiger partial charge in [-0.15, -0.1) is 0 Å². The molecule has 0 saturated heterocycles. The van der Waals surface area contributed by atoms with Gasteiger partial charge in [-0.05, 0) is 41.3 Å². The first-order valence-corrected chi connectivity index (χ1v) is 9.11. The molecule has 0 spiro atoms. The van der Waals surface area contributed by atoms with Crippen molar-refractivity contribution in [3.05, 3.63) is 83.7 Å². The third kappa shape index (κ3) is 5.28. The molecule has 5 nitrogen and oxygen atoms in total. The van der Waals surface area contributed by atoms with Crippen LogP contribution < -0.4 is 5.32 Å². The van der Waals surface area contributed by atoms with Crippen molar-refractivity contribution >= 4 is 5.97 Å². The molecule has 1 atom stereocenters. The number of carbonyl (C=O) groups excluding carboxylic acids is 1. The van der Waals surface area contributed by atoms with E-state index in [1.165, 1.54) is 18.2 Å². The Morgan fingerprint density at radius 2 is 1.81 bits per heavy atom. The molecule has 27 heavy (non-hydrogen) atoms. The first kappa shape index (κ1) is 18.9. The quantitative estimate of drug-likeness (QED) is 0.622. The van der Waals surface area contributed by atoms with Crippen molar-refractivity contribution in [1.82, 2.24) is 15.1 Å². The zero-order chi connectivity index (χ0) is 19.1. The second-order valence-corrected chi connectivity index (χ2v) is 6.67. The highest BCUT2D eigenvalue weighted by molar-refractivity contribution is 5.72. The molecule has 1 heterocycles. The summed E-state index contributed by atoms with van der Waals surface area (Å²) in [5.74, 6) is -0.302. The number of methoxy groups -OCH3 is 1. The lowest BCUT2D eigenvalue weighted by atomic mass is 9.99. The average Bonchev–Trinajstić information content (AvgIpc) is 3.23. The molecule has 0 aliphatic rings. The summed E-state index contributed by atoms with van der Waals surface area (Å²) < 4.78 is 6.65. The minimum absolute atomic E-state index is 0.133. The van der Waals surface area contributed by atoms with Crippen LogP contribution in [0.3, 0.4) is 0 Å². The molecule has 3 rings (SSSR count). The fourth-order valence-electron chi connectivity index (χ4n) is 3.04. The first-order chi connectivity index (χ1) is 13.2. The van der Waals surface area contributed by atoms with Gasteiger partial charge in [0.25, 0.3) is 0 Å². The molecule has 1 N–H and O–H groups in total. The van der Waals surface area contributed by atoms with Gasteiger partial charge in [0.05, 0.1) is 18.7 Å². The summed E-state index contributed by atoms with van der Waals surface area (Å²) in [6.07, 6.45) is 4.40. The van der Waals surface area contributed by atoms with Crippen LogP contribution in [-0.2, 0) is 29.0 Å². The highest BCUT2D eigenvalue weighted by atomic mass is 16.5. The van der Waals surface area contributed by atoms with Gasteiger partial charge in [-0.1, -0.05) is 43.3 Å². The van der Waals surface area contributed by atoms with Crippen LogP contribution in [0.4, 0.5) is 0 Å². The maximum atomic E-state index is 11.6. The number of aromatic nitrogens is 2. The number of ether oxygens (including phenoxy) is 1. The molecular formula is C22H25N3O2. The Bertz CT molecular complexity index is 858. The summed E-state index contributed by atoms with van der Waals surface area (Å²) in [4.78, 5) is 11.6. The fourth-order valence-corrected chi connectivity index (χ4v) is 3.04. The molecule has 1 aromatic heterocycles. The molecule has 1 unspecified atom stereocenters. The maximum Gasteiger partial charge on any atom is 0.308 e. The topological polar surface area (TPSA) is 56.1 Å². The van der Waals surface area contributed by atoms with Crippen molar-refractivity contribution in [3.8, 4) is 5.69 Å². The second-order valence-electron chi connectivity index (χ2n) is 6.67. The molecule has 0 fully saturated rings. The zero-order valence-electron chi connectivity index (χ0n) is 15.8. The Balaban J connectivity index is 1.51. The molecule has 0 amide bonds. The molecule has 0 saturated carbocycles. The summed E-state index contributed by atoms with van der Waals surface area (Å²) >= 11 is 0. The fraction of sp³-hybridized carbons (Fsp3) is 0.273. The Morgan fingerprint density at radius 1 is 1.07 bits per heavy atom. The summed E-state index contributed by atoms with van der Waals surface area (Å²) in [7, 11) is 1.43. The first-order valence-electron chi connectivity index (χ1n) is 9.11. The van der Waals surface area contributed by atoms with Crippen LogP contribution in [0.2, 0.25) is 0 Å². The normalized spacial score (nSPS) is 11.9. The third-order valence-corrected chi connectivity index (χ3v) is 4.50. The van der Waals surface area contributed by atoms with E-state index in [9.17, 15) is 4.79 Å². The monoisotopic (exact) mass is 363 g/mol. The number of carbonyl (C=O) groups is 1. The number of hydrogen-bond acceptors (Lipinski definition) is 4. The lowest BCUT2D eigenvalue weighted by Gasteiger charge is -2.11. The number of benzene rings is 2. The van der Waals surface area contributed by atoms with E-state index in [0.29, 0.717) is 6.42 Å². The highest BCUT2D eigenvalue weighted by Gasteiger charge is 2.13. The molecule has 140 valence electrons. The van der Waals surface area contributed by atoms with E-state index in [1.54, 1.807) is 6.20 Å². The van der Waals surface area contributed by atoms with Crippen LogP contribution in [0, 0.1) is 5.92 Å². The van der Waals surface area contributed by atoms with Gasteiger partial charge in [0.15, 0.2) is 0 Å². The molecule has 0 bridgehead atoms. The summed E-state index contributed by atoms with van der Waals surface area (Å²) in [5.41, 5.74) is 4.63. The van der Waals surface area contributed by atoms with Gasteiger partial charge in [0.2, 0.25) is 0 Å². The smallest absolute Gasteiger partial charge is 0.308 e. The van der Waals surface area contributed by atoms with Crippen molar-refractivity contribution in [3.63, 3.8) is 0 Å². The largest absolute Gasteiger partial charge is 0.469 e. The van der Waals surface area contributed by atoms with Gasteiger partial charge >= 0.3 is 5.97 Å². The molecule has 0 radical (unpaired) electrons. The van der Waals surface area contributed by atoms with Crippen molar-refractivity contribution in [1.29, 1.82) is 0 Å². The maximum absolute atomic E-state index is 11.6. The van der Waals surface area contributed by atoms with Gasteiger partial charge in [-0.25, -0.2) is 4.68 Å². The number of nitrogens with zero attached hydrogens (tertiary/aromatic N) is 2. The Labute approximate surface area is 160 Å². The van der Waals surface area contributed by atoms with Gasteiger partial charge in [-0.2, -0.15) is 5.10 Å². The van der Waals surface area contributed by atoms with E-state index < -0.39 is 0 Å². The molecule has 2 aromatic carbocycles. The molecule has 0 aliphatic heterocycles. The predicted octanol–water partition coefficient (Wildman–Crippen LogP) is 3.51. The van der Waals surface area contributed by atoms with E-state index >= 15 is 0 Å². The lowest BCUT2D eigenvalue weighted by Crippen LogP contribution is -2.16. The summed E-state index contributed by atoms with van der Waals surface area (Å²) in [6.45, 7) is 3.47. The minimum atomic E-state index is -0.169. The van der Waals surface area contributed by atoms with E-state index in [4.69, 9.17) is 4.74 Å². The Morgan fingerprint density at radius 3 is 2.52 bits per heavy atom. The van der Waals surface area contributed by atoms with Crippen LogP contribution in [0.25, 0.3) is 5.69 Å². The van der Waals surface area contributed by atoms with Gasteiger partial charge in [-0.3, -0.25) is 4.79 Å². The van der Waals surface area contributed by atoms with Crippen LogP contribution in [0.15, 0.2) is 67.0 Å². The number of esters is 1. The third-order valence-electron chi connectivity index (χ3n) is 4.50. The zero-order valence-corrected chi connectivity index (χ0v) is 15.8. The summed E-state index contributed by atoms with van der Waals surface area (Å²) in [6, 6.07) is 18.6. The van der Waals surface area contributed by atoms with Crippen molar-refractivity contribution < 1.29 is 9.53 Å². The van der Waals surface area contributed by atoms with Gasteiger partial charge < -0.3 is 10.1 Å². The number of hydrogen-bond donors (Lipinski definition) is 1.